The maximum absolute atomic E-state index is 9.30. The van der Waals surface area contributed by atoms with Gasteiger partial charge in [0.1, 0.15) is 0 Å². The summed E-state index contributed by atoms with van der Waals surface area (Å²) in [5.41, 5.74) is 0. The van der Waals surface area contributed by atoms with Crippen molar-refractivity contribution in [3.05, 3.63) is 0 Å². The van der Waals surface area contributed by atoms with Crippen LogP contribution in [0.2, 0.25) is 0 Å². The summed E-state index contributed by atoms with van der Waals surface area (Å²) in [6.07, 6.45) is 7.24. The molecule has 0 aromatic rings. The molecule has 80 valence electrons. The summed E-state index contributed by atoms with van der Waals surface area (Å²) < 4.78 is 0. The Hall–Kier alpha value is -0.0800. The van der Waals surface area contributed by atoms with Crippen LogP contribution in [0.15, 0.2) is 0 Å². The van der Waals surface area contributed by atoms with Crippen molar-refractivity contribution in [2.24, 2.45) is 23.7 Å². The molecule has 5 unspecified atom stereocenters. The van der Waals surface area contributed by atoms with Crippen LogP contribution in [0.4, 0.5) is 0 Å². The second-order valence-corrected chi connectivity index (χ2v) is 5.53. The molecule has 14 heavy (non-hydrogen) atoms. The van der Waals surface area contributed by atoms with Crippen LogP contribution < -0.4 is 5.32 Å². The summed E-state index contributed by atoms with van der Waals surface area (Å²) in [7, 11) is 0. The molecule has 2 saturated carbocycles. The van der Waals surface area contributed by atoms with Crippen molar-refractivity contribution in [1.29, 1.82) is 0 Å². The number of rotatable bonds is 2. The minimum absolute atomic E-state index is 0.346. The highest BCUT2D eigenvalue weighted by Crippen LogP contribution is 2.52. The van der Waals surface area contributed by atoms with Gasteiger partial charge in [-0.15, -0.1) is 0 Å². The number of hydrogen-bond donors (Lipinski definition) is 2. The van der Waals surface area contributed by atoms with Crippen molar-refractivity contribution in [3.8, 4) is 0 Å². The van der Waals surface area contributed by atoms with E-state index in [-0.39, 0.29) is 0 Å². The van der Waals surface area contributed by atoms with Crippen LogP contribution in [0.5, 0.6) is 0 Å². The SMILES string of the molecule is OCC1NCCC1C1CC2CCC1C2. The monoisotopic (exact) mass is 195 g/mol. The van der Waals surface area contributed by atoms with E-state index in [0.29, 0.717) is 12.6 Å². The lowest BCUT2D eigenvalue weighted by Crippen LogP contribution is -2.36. The molecule has 2 nitrogen and oxygen atoms in total. The molecule has 0 spiro atoms. The number of hydrogen-bond acceptors (Lipinski definition) is 2. The van der Waals surface area contributed by atoms with E-state index >= 15 is 0 Å². The standard InChI is InChI=1S/C12H21NO/c14-7-12-10(3-4-13-12)11-6-8-1-2-9(11)5-8/h8-14H,1-7H2. The van der Waals surface area contributed by atoms with Gasteiger partial charge >= 0.3 is 0 Å². The molecular formula is C12H21NO. The molecule has 2 aliphatic carbocycles. The molecule has 0 amide bonds. The number of aliphatic hydroxyl groups is 1. The van der Waals surface area contributed by atoms with Crippen LogP contribution in [-0.4, -0.2) is 24.3 Å². The Labute approximate surface area is 86.1 Å². The Morgan fingerprint density at radius 3 is 2.64 bits per heavy atom. The predicted molar refractivity (Wildman–Crippen MR) is 55.9 cm³/mol. The first-order valence-corrected chi connectivity index (χ1v) is 6.22. The average Bonchev–Trinajstić information content (AvgIpc) is 2.92. The van der Waals surface area contributed by atoms with E-state index in [1.165, 1.54) is 32.1 Å². The molecule has 1 heterocycles. The molecule has 1 saturated heterocycles. The zero-order valence-electron chi connectivity index (χ0n) is 8.78. The molecule has 2 heteroatoms. The Kier molecular flexibility index (Phi) is 2.29. The highest BCUT2D eigenvalue weighted by molar-refractivity contribution is 4.98. The summed E-state index contributed by atoms with van der Waals surface area (Å²) in [4.78, 5) is 0. The fourth-order valence-corrected chi connectivity index (χ4v) is 4.32. The van der Waals surface area contributed by atoms with Crippen molar-refractivity contribution < 1.29 is 5.11 Å². The smallest absolute Gasteiger partial charge is 0.0587 e. The van der Waals surface area contributed by atoms with Gasteiger partial charge in [0, 0.05) is 6.04 Å². The summed E-state index contributed by atoms with van der Waals surface area (Å²) in [6, 6.07) is 0.416. The van der Waals surface area contributed by atoms with Gasteiger partial charge in [-0.1, -0.05) is 6.42 Å². The number of aliphatic hydroxyl groups excluding tert-OH is 1. The summed E-state index contributed by atoms with van der Waals surface area (Å²) >= 11 is 0. The maximum Gasteiger partial charge on any atom is 0.0587 e. The van der Waals surface area contributed by atoms with Crippen LogP contribution in [-0.2, 0) is 0 Å². The van der Waals surface area contributed by atoms with Crippen LogP contribution >= 0.6 is 0 Å². The largest absolute Gasteiger partial charge is 0.395 e. The molecule has 0 aromatic carbocycles. The van der Waals surface area contributed by atoms with Crippen molar-refractivity contribution in [2.45, 2.75) is 38.1 Å². The predicted octanol–water partition coefficient (Wildman–Crippen LogP) is 1.39. The van der Waals surface area contributed by atoms with E-state index in [2.05, 4.69) is 5.32 Å². The molecular weight excluding hydrogens is 174 g/mol. The van der Waals surface area contributed by atoms with E-state index in [4.69, 9.17) is 0 Å². The van der Waals surface area contributed by atoms with Gasteiger partial charge in [-0.3, -0.25) is 0 Å². The molecule has 3 aliphatic rings. The topological polar surface area (TPSA) is 32.3 Å². The average molecular weight is 195 g/mol. The van der Waals surface area contributed by atoms with Crippen LogP contribution in [0.25, 0.3) is 0 Å². The highest BCUT2D eigenvalue weighted by atomic mass is 16.3. The second kappa shape index (κ2) is 3.49. The third-order valence-corrected chi connectivity index (χ3v) is 4.94. The van der Waals surface area contributed by atoms with Gasteiger partial charge in [0.05, 0.1) is 6.61 Å². The van der Waals surface area contributed by atoms with Gasteiger partial charge in [0.15, 0.2) is 0 Å². The zero-order chi connectivity index (χ0) is 9.54. The summed E-state index contributed by atoms with van der Waals surface area (Å²) in [6.45, 7) is 1.47. The van der Waals surface area contributed by atoms with Gasteiger partial charge < -0.3 is 10.4 Å². The normalized spacial score (nSPS) is 51.6. The highest BCUT2D eigenvalue weighted by Gasteiger charge is 2.45. The van der Waals surface area contributed by atoms with E-state index in [9.17, 15) is 5.11 Å². The van der Waals surface area contributed by atoms with Crippen molar-refractivity contribution in [1.82, 2.24) is 5.32 Å². The van der Waals surface area contributed by atoms with Gasteiger partial charge in [-0.2, -0.15) is 0 Å². The summed E-state index contributed by atoms with van der Waals surface area (Å²) in [5, 5.41) is 12.7. The molecule has 0 aromatic heterocycles. The second-order valence-electron chi connectivity index (χ2n) is 5.53. The third-order valence-electron chi connectivity index (χ3n) is 4.94. The van der Waals surface area contributed by atoms with E-state index < -0.39 is 0 Å². The number of nitrogens with one attached hydrogen (secondary N) is 1. The molecule has 1 aliphatic heterocycles. The first-order chi connectivity index (χ1) is 6.88. The van der Waals surface area contributed by atoms with Crippen LogP contribution in [0, 0.1) is 23.7 Å². The molecule has 3 rings (SSSR count). The fourth-order valence-electron chi connectivity index (χ4n) is 4.32. The van der Waals surface area contributed by atoms with E-state index in [1.807, 2.05) is 0 Å². The molecule has 0 radical (unpaired) electrons. The van der Waals surface area contributed by atoms with E-state index in [1.54, 1.807) is 0 Å². The van der Waals surface area contributed by atoms with Gasteiger partial charge in [-0.05, 0) is 55.9 Å². The third kappa shape index (κ3) is 1.31. The fraction of sp³-hybridized carbons (Fsp3) is 1.00. The van der Waals surface area contributed by atoms with Gasteiger partial charge in [-0.25, -0.2) is 0 Å². The lowest BCUT2D eigenvalue weighted by Gasteiger charge is -2.30. The molecule has 2 N–H and O–H groups in total. The van der Waals surface area contributed by atoms with E-state index in [0.717, 1.165) is 30.2 Å². The number of fused-ring (bicyclic) bond motifs is 2. The first kappa shape index (κ1) is 9.17. The Bertz CT molecular complexity index is 214. The lowest BCUT2D eigenvalue weighted by molar-refractivity contribution is 0.159. The van der Waals surface area contributed by atoms with Crippen molar-refractivity contribution in [2.75, 3.05) is 13.2 Å². The lowest BCUT2D eigenvalue weighted by atomic mass is 9.76. The molecule has 3 fully saturated rings. The van der Waals surface area contributed by atoms with Gasteiger partial charge in [0.25, 0.3) is 0 Å². The minimum Gasteiger partial charge on any atom is -0.395 e. The maximum atomic E-state index is 9.30. The Morgan fingerprint density at radius 2 is 2.00 bits per heavy atom. The zero-order valence-corrected chi connectivity index (χ0v) is 8.78. The van der Waals surface area contributed by atoms with Crippen LogP contribution in [0.1, 0.15) is 32.1 Å². The summed E-state index contributed by atoms with van der Waals surface area (Å²) in [5.74, 6) is 3.79. The minimum atomic E-state index is 0.346. The first-order valence-electron chi connectivity index (χ1n) is 6.22. The Balaban J connectivity index is 1.70. The Morgan fingerprint density at radius 1 is 1.07 bits per heavy atom. The van der Waals surface area contributed by atoms with Gasteiger partial charge in [0.2, 0.25) is 0 Å². The molecule has 5 atom stereocenters. The van der Waals surface area contributed by atoms with Crippen molar-refractivity contribution in [3.63, 3.8) is 0 Å². The van der Waals surface area contributed by atoms with Crippen molar-refractivity contribution >= 4 is 0 Å². The van der Waals surface area contributed by atoms with Crippen LogP contribution in [0.3, 0.4) is 0 Å². The molecule has 2 bridgehead atoms. The quantitative estimate of drug-likeness (QED) is 0.698.